The molecule has 6 heteroatoms. The molecule has 2 fully saturated rings. The largest absolute Gasteiger partial charge is 0.349 e. The van der Waals surface area contributed by atoms with Crippen molar-refractivity contribution in [1.82, 2.24) is 10.2 Å². The Balaban J connectivity index is 1.52. The monoisotopic (exact) mass is 340 g/mol. The molecular weight excluding hydrogens is 323 g/mol. The highest BCUT2D eigenvalue weighted by molar-refractivity contribution is 6.42. The molecule has 1 aliphatic heterocycles. The second-order valence-corrected chi connectivity index (χ2v) is 6.79. The molecule has 1 saturated heterocycles. The fourth-order valence-electron chi connectivity index (χ4n) is 2.74. The molecule has 0 unspecified atom stereocenters. The molecule has 118 valence electrons. The van der Waals surface area contributed by atoms with Crippen LogP contribution in [0.15, 0.2) is 18.2 Å². The van der Waals surface area contributed by atoms with E-state index < -0.39 is 0 Å². The number of piperidine rings is 1. The number of halogens is 2. The number of hydrogen-bond acceptors (Lipinski definition) is 2. The van der Waals surface area contributed by atoms with Crippen LogP contribution in [0.5, 0.6) is 0 Å². The van der Waals surface area contributed by atoms with Crippen LogP contribution in [0.3, 0.4) is 0 Å². The molecule has 1 aliphatic carbocycles. The van der Waals surface area contributed by atoms with Gasteiger partial charge in [-0.05, 0) is 43.9 Å². The van der Waals surface area contributed by atoms with Gasteiger partial charge in [0.05, 0.1) is 10.0 Å². The van der Waals surface area contributed by atoms with Crippen LogP contribution in [-0.2, 0) is 4.79 Å². The van der Waals surface area contributed by atoms with Gasteiger partial charge in [0.1, 0.15) is 0 Å². The van der Waals surface area contributed by atoms with Crippen molar-refractivity contribution in [2.45, 2.75) is 31.7 Å². The average molecular weight is 341 g/mol. The molecule has 1 saturated carbocycles. The van der Waals surface area contributed by atoms with E-state index in [9.17, 15) is 9.59 Å². The molecule has 0 bridgehead atoms. The molecule has 0 atom stereocenters. The highest BCUT2D eigenvalue weighted by atomic mass is 35.5. The lowest BCUT2D eigenvalue weighted by molar-refractivity contribution is -0.133. The maximum Gasteiger partial charge on any atom is 0.251 e. The molecule has 0 radical (unpaired) electrons. The van der Waals surface area contributed by atoms with Gasteiger partial charge in [-0.1, -0.05) is 23.2 Å². The zero-order valence-corrected chi connectivity index (χ0v) is 13.7. The molecule has 3 rings (SSSR count). The minimum atomic E-state index is -0.148. The van der Waals surface area contributed by atoms with Crippen LogP contribution in [0, 0.1) is 5.92 Å². The van der Waals surface area contributed by atoms with E-state index in [2.05, 4.69) is 5.32 Å². The lowest BCUT2D eigenvalue weighted by Gasteiger charge is -2.32. The third kappa shape index (κ3) is 3.55. The van der Waals surface area contributed by atoms with Crippen LogP contribution in [0.2, 0.25) is 10.0 Å². The van der Waals surface area contributed by atoms with Crippen molar-refractivity contribution in [2.75, 3.05) is 13.1 Å². The van der Waals surface area contributed by atoms with Crippen molar-refractivity contribution in [2.24, 2.45) is 5.92 Å². The zero-order chi connectivity index (χ0) is 15.7. The number of benzene rings is 1. The number of carbonyl (C=O) groups excluding carboxylic acids is 2. The molecule has 4 nitrogen and oxygen atoms in total. The molecule has 2 amide bonds. The van der Waals surface area contributed by atoms with Crippen LogP contribution in [0.1, 0.15) is 36.0 Å². The summed E-state index contributed by atoms with van der Waals surface area (Å²) in [6.45, 7) is 1.45. The molecule has 1 aromatic carbocycles. The first-order valence-electron chi connectivity index (χ1n) is 7.59. The summed E-state index contributed by atoms with van der Waals surface area (Å²) in [6.07, 6.45) is 3.66. The first kappa shape index (κ1) is 15.6. The summed E-state index contributed by atoms with van der Waals surface area (Å²) < 4.78 is 0. The Morgan fingerprint density at radius 2 is 1.73 bits per heavy atom. The third-order valence-corrected chi connectivity index (χ3v) is 4.99. The maximum absolute atomic E-state index is 12.2. The molecule has 0 spiro atoms. The van der Waals surface area contributed by atoms with E-state index in [1.165, 1.54) is 0 Å². The molecule has 1 N–H and O–H groups in total. The van der Waals surface area contributed by atoms with Crippen molar-refractivity contribution < 1.29 is 9.59 Å². The fraction of sp³-hybridized carbons (Fsp3) is 0.500. The van der Waals surface area contributed by atoms with Crippen LogP contribution >= 0.6 is 23.2 Å². The van der Waals surface area contributed by atoms with Gasteiger partial charge in [-0.3, -0.25) is 9.59 Å². The molecule has 22 heavy (non-hydrogen) atoms. The van der Waals surface area contributed by atoms with Gasteiger partial charge in [0.25, 0.3) is 5.91 Å². The Hall–Kier alpha value is -1.26. The number of nitrogens with zero attached hydrogens (tertiary/aromatic N) is 1. The fourth-order valence-corrected chi connectivity index (χ4v) is 3.04. The zero-order valence-electron chi connectivity index (χ0n) is 12.1. The predicted molar refractivity (Wildman–Crippen MR) is 86.3 cm³/mol. The van der Waals surface area contributed by atoms with Gasteiger partial charge in [-0.15, -0.1) is 0 Å². The molecule has 1 heterocycles. The van der Waals surface area contributed by atoms with Crippen molar-refractivity contribution in [3.63, 3.8) is 0 Å². The lowest BCUT2D eigenvalue weighted by atomic mass is 10.0. The SMILES string of the molecule is O=C(NC1CCN(C(=O)C2CC2)CC1)c1ccc(Cl)c(Cl)c1. The summed E-state index contributed by atoms with van der Waals surface area (Å²) in [6, 6.07) is 4.96. The summed E-state index contributed by atoms with van der Waals surface area (Å²) in [5, 5.41) is 3.82. The summed E-state index contributed by atoms with van der Waals surface area (Å²) >= 11 is 11.8. The van der Waals surface area contributed by atoms with Crippen molar-refractivity contribution in [1.29, 1.82) is 0 Å². The Morgan fingerprint density at radius 1 is 1.05 bits per heavy atom. The summed E-state index contributed by atoms with van der Waals surface area (Å²) in [5.74, 6) is 0.405. The van der Waals surface area contributed by atoms with E-state index in [-0.39, 0.29) is 23.8 Å². The van der Waals surface area contributed by atoms with Crippen LogP contribution in [-0.4, -0.2) is 35.8 Å². The van der Waals surface area contributed by atoms with Gasteiger partial charge >= 0.3 is 0 Å². The predicted octanol–water partition coefficient (Wildman–Crippen LogP) is 3.12. The minimum Gasteiger partial charge on any atom is -0.349 e. The number of hydrogen-bond donors (Lipinski definition) is 1. The normalized spacial score (nSPS) is 19.1. The maximum atomic E-state index is 12.2. The standard InChI is InChI=1S/C16H18Cl2N2O2/c17-13-4-3-11(9-14(13)18)15(21)19-12-5-7-20(8-6-12)16(22)10-1-2-10/h3-4,9-10,12H,1-2,5-8H2,(H,19,21). The Morgan fingerprint density at radius 3 is 2.32 bits per heavy atom. The van der Waals surface area contributed by atoms with Gasteiger partial charge in [-0.2, -0.15) is 0 Å². The van der Waals surface area contributed by atoms with E-state index >= 15 is 0 Å². The highest BCUT2D eigenvalue weighted by Crippen LogP contribution is 2.32. The molecule has 2 aliphatic rings. The lowest BCUT2D eigenvalue weighted by Crippen LogP contribution is -2.47. The third-order valence-electron chi connectivity index (χ3n) is 4.25. The van der Waals surface area contributed by atoms with Crippen molar-refractivity contribution >= 4 is 35.0 Å². The van der Waals surface area contributed by atoms with Gasteiger partial charge in [-0.25, -0.2) is 0 Å². The van der Waals surface area contributed by atoms with Gasteiger partial charge in [0.15, 0.2) is 0 Å². The highest BCUT2D eigenvalue weighted by Gasteiger charge is 2.35. The van der Waals surface area contributed by atoms with E-state index in [4.69, 9.17) is 23.2 Å². The first-order valence-corrected chi connectivity index (χ1v) is 8.35. The topological polar surface area (TPSA) is 49.4 Å². The minimum absolute atomic E-state index is 0.102. The summed E-state index contributed by atoms with van der Waals surface area (Å²) in [5.41, 5.74) is 0.505. The Labute approximate surface area is 139 Å². The van der Waals surface area contributed by atoms with E-state index in [0.717, 1.165) is 38.8 Å². The smallest absolute Gasteiger partial charge is 0.251 e. The van der Waals surface area contributed by atoms with Crippen LogP contribution in [0.25, 0.3) is 0 Å². The second kappa shape index (κ2) is 6.47. The Kier molecular flexibility index (Phi) is 4.59. The van der Waals surface area contributed by atoms with Gasteiger partial charge in [0.2, 0.25) is 5.91 Å². The second-order valence-electron chi connectivity index (χ2n) is 5.98. The van der Waals surface area contributed by atoms with Crippen molar-refractivity contribution in [3.05, 3.63) is 33.8 Å². The molecule has 0 aromatic heterocycles. The number of rotatable bonds is 3. The number of amides is 2. The van der Waals surface area contributed by atoms with E-state index in [0.29, 0.717) is 15.6 Å². The van der Waals surface area contributed by atoms with Crippen LogP contribution < -0.4 is 5.32 Å². The summed E-state index contributed by atoms with van der Waals surface area (Å²) in [7, 11) is 0. The number of nitrogens with one attached hydrogen (secondary N) is 1. The first-order chi connectivity index (χ1) is 10.5. The molecule has 1 aromatic rings. The van der Waals surface area contributed by atoms with Crippen LogP contribution in [0.4, 0.5) is 0 Å². The number of likely N-dealkylation sites (tertiary alicyclic amines) is 1. The summed E-state index contributed by atoms with van der Waals surface area (Å²) in [4.78, 5) is 26.1. The van der Waals surface area contributed by atoms with Gasteiger partial charge in [0, 0.05) is 30.6 Å². The van der Waals surface area contributed by atoms with E-state index in [1.807, 2.05) is 4.90 Å². The molecular formula is C16H18Cl2N2O2. The average Bonchev–Trinajstić information content (AvgIpc) is 3.35. The quantitative estimate of drug-likeness (QED) is 0.918. The van der Waals surface area contributed by atoms with E-state index in [1.54, 1.807) is 18.2 Å². The number of carbonyl (C=O) groups is 2. The van der Waals surface area contributed by atoms with Gasteiger partial charge < -0.3 is 10.2 Å². The van der Waals surface area contributed by atoms with Crippen molar-refractivity contribution in [3.8, 4) is 0 Å². The Bertz CT molecular complexity index is 594.